The van der Waals surface area contributed by atoms with E-state index < -0.39 is 69.6 Å². The summed E-state index contributed by atoms with van der Waals surface area (Å²) in [4.78, 5) is 50.8. The Morgan fingerprint density at radius 2 is 1.73 bits per heavy atom. The summed E-state index contributed by atoms with van der Waals surface area (Å²) in [6, 6.07) is 4.31. The van der Waals surface area contributed by atoms with Gasteiger partial charge in [0.1, 0.15) is 17.3 Å². The summed E-state index contributed by atoms with van der Waals surface area (Å²) < 4.78 is 46.9. The molecule has 230 valence electrons. The molecule has 1 saturated heterocycles. The molecule has 5 rings (SSSR count). The van der Waals surface area contributed by atoms with Gasteiger partial charge in [0.05, 0.1) is 22.5 Å². The number of likely N-dealkylation sites (tertiary alicyclic amines) is 1. The molecule has 12 heteroatoms. The van der Waals surface area contributed by atoms with Gasteiger partial charge in [0.2, 0.25) is 0 Å². The van der Waals surface area contributed by atoms with Crippen LogP contribution in [0, 0.1) is 18.6 Å². The molecule has 0 saturated carbocycles. The minimum absolute atomic E-state index is 0.0521. The predicted octanol–water partition coefficient (Wildman–Crippen LogP) is 5.45. The molecular weight excluding hydrogens is 575 g/mol. The second kappa shape index (κ2) is 11.4. The van der Waals surface area contributed by atoms with Gasteiger partial charge in [-0.2, -0.15) is 0 Å². The average Bonchev–Trinajstić information content (AvgIpc) is 2.94. The number of phenolic OH excluding ortho intramolecular Hbond substituents is 1. The van der Waals surface area contributed by atoms with Crippen molar-refractivity contribution in [2.75, 3.05) is 0 Å². The van der Waals surface area contributed by atoms with Crippen molar-refractivity contribution in [3.63, 3.8) is 0 Å². The normalized spacial score (nSPS) is 18.7. The number of carbonyl (C=O) groups excluding carboxylic acids is 1. The van der Waals surface area contributed by atoms with Crippen molar-refractivity contribution in [3.8, 4) is 22.7 Å². The highest BCUT2D eigenvalue weighted by molar-refractivity contribution is 5.91. The molecule has 0 bridgehead atoms. The Morgan fingerprint density at radius 1 is 1.07 bits per heavy atom. The molecule has 1 aliphatic rings. The van der Waals surface area contributed by atoms with Crippen LogP contribution in [-0.2, 0) is 4.79 Å². The third kappa shape index (κ3) is 4.97. The lowest BCUT2D eigenvalue weighted by Crippen LogP contribution is -2.52. The van der Waals surface area contributed by atoms with E-state index in [4.69, 9.17) is 0 Å². The first-order chi connectivity index (χ1) is 20.7. The second-order valence-electron chi connectivity index (χ2n) is 11.6. The van der Waals surface area contributed by atoms with E-state index in [-0.39, 0.29) is 35.6 Å². The maximum Gasteiger partial charge on any atom is 0.322 e. The first-order valence-electron chi connectivity index (χ1n) is 14.2. The number of hydrogen-bond donors (Lipinski definition) is 1. The third-order valence-corrected chi connectivity index (χ3v) is 8.17. The first-order valence-corrected chi connectivity index (χ1v) is 14.2. The standard InChI is InChI=1S/C32H32F3N5O4/c1-15(2)26-28(16(3)10-11-36-26)40-29-23(14-22(35)27(37-29)25-21(34)8-7-9-24(25)41)39(31(43)32(40)44)20-12-17(4)38(18(5)13-20)30(42)19(6)33/h7-11,14-15,17-18,20,41H,6,12-13H2,1-5H3/t17-,18+,20?. The molecule has 1 fully saturated rings. The minimum atomic E-state index is -1.12. The third-order valence-electron chi connectivity index (χ3n) is 8.17. The number of rotatable bonds is 5. The van der Waals surface area contributed by atoms with Gasteiger partial charge in [-0.3, -0.25) is 28.5 Å². The highest BCUT2D eigenvalue weighted by atomic mass is 19.1. The molecule has 9 nitrogen and oxygen atoms in total. The number of aromatic hydroxyl groups is 1. The van der Waals surface area contributed by atoms with Crippen LogP contribution in [0.2, 0.25) is 0 Å². The lowest BCUT2D eigenvalue weighted by atomic mass is 9.92. The zero-order chi connectivity index (χ0) is 32.2. The number of fused-ring (bicyclic) bond motifs is 1. The van der Waals surface area contributed by atoms with Gasteiger partial charge < -0.3 is 10.0 Å². The van der Waals surface area contributed by atoms with Crippen LogP contribution in [0.15, 0.2) is 58.5 Å². The van der Waals surface area contributed by atoms with Crippen LogP contribution in [0.3, 0.4) is 0 Å². The molecule has 44 heavy (non-hydrogen) atoms. The maximum absolute atomic E-state index is 15.9. The number of aryl methyl sites for hydroxylation is 1. The van der Waals surface area contributed by atoms with E-state index in [0.717, 1.165) is 21.3 Å². The molecule has 3 atom stereocenters. The van der Waals surface area contributed by atoms with Crippen LogP contribution in [0.25, 0.3) is 28.1 Å². The number of carbonyl (C=O) groups is 1. The van der Waals surface area contributed by atoms with E-state index in [1.54, 1.807) is 33.0 Å². The van der Waals surface area contributed by atoms with Crippen LogP contribution < -0.4 is 11.1 Å². The Kier molecular flexibility index (Phi) is 7.96. The van der Waals surface area contributed by atoms with Gasteiger partial charge in [0.15, 0.2) is 17.3 Å². The number of phenols is 1. The second-order valence-corrected chi connectivity index (χ2v) is 11.6. The van der Waals surface area contributed by atoms with Crippen LogP contribution in [-0.4, -0.2) is 47.1 Å². The Balaban J connectivity index is 1.87. The molecule has 1 aliphatic heterocycles. The van der Waals surface area contributed by atoms with Crippen molar-refractivity contribution in [2.24, 2.45) is 0 Å². The van der Waals surface area contributed by atoms with Gasteiger partial charge in [-0.05, 0) is 63.3 Å². The van der Waals surface area contributed by atoms with Gasteiger partial charge in [0.25, 0.3) is 5.91 Å². The van der Waals surface area contributed by atoms with Crippen molar-refractivity contribution in [1.29, 1.82) is 0 Å². The summed E-state index contributed by atoms with van der Waals surface area (Å²) in [5, 5.41) is 10.5. The molecule has 4 aromatic rings. The van der Waals surface area contributed by atoms with E-state index >= 15 is 4.39 Å². The van der Waals surface area contributed by atoms with E-state index in [1.165, 1.54) is 17.0 Å². The Hall–Kier alpha value is -4.74. The summed E-state index contributed by atoms with van der Waals surface area (Å²) >= 11 is 0. The summed E-state index contributed by atoms with van der Waals surface area (Å²) in [5.74, 6) is -4.72. The smallest absolute Gasteiger partial charge is 0.322 e. The predicted molar refractivity (Wildman–Crippen MR) is 160 cm³/mol. The molecule has 1 amide bonds. The minimum Gasteiger partial charge on any atom is -0.507 e. The van der Waals surface area contributed by atoms with E-state index in [0.29, 0.717) is 11.3 Å². The average molecular weight is 608 g/mol. The molecule has 3 aromatic heterocycles. The zero-order valence-electron chi connectivity index (χ0n) is 24.9. The van der Waals surface area contributed by atoms with Crippen molar-refractivity contribution >= 4 is 17.1 Å². The number of amides is 1. The molecule has 1 aromatic carbocycles. The van der Waals surface area contributed by atoms with E-state index in [2.05, 4.69) is 16.5 Å². The number of benzene rings is 1. The van der Waals surface area contributed by atoms with Crippen molar-refractivity contribution in [3.05, 3.63) is 92.5 Å². The quantitative estimate of drug-likeness (QED) is 0.239. The Labute approximate surface area is 250 Å². The highest BCUT2D eigenvalue weighted by Crippen LogP contribution is 2.37. The number of piperidine rings is 1. The first kappa shape index (κ1) is 30.7. The monoisotopic (exact) mass is 607 g/mol. The van der Waals surface area contributed by atoms with Crippen molar-refractivity contribution in [2.45, 2.75) is 71.5 Å². The number of hydrogen-bond acceptors (Lipinski definition) is 6. The van der Waals surface area contributed by atoms with Gasteiger partial charge in [-0.1, -0.05) is 26.5 Å². The Bertz CT molecular complexity index is 1920. The van der Waals surface area contributed by atoms with E-state index in [9.17, 15) is 28.3 Å². The fourth-order valence-electron chi connectivity index (χ4n) is 6.29. The molecular formula is C32H32F3N5O4. The number of nitrogens with zero attached hydrogens (tertiary/aromatic N) is 5. The Morgan fingerprint density at radius 3 is 2.32 bits per heavy atom. The molecule has 1 unspecified atom stereocenters. The van der Waals surface area contributed by atoms with Crippen molar-refractivity contribution in [1.82, 2.24) is 24.0 Å². The largest absolute Gasteiger partial charge is 0.507 e. The van der Waals surface area contributed by atoms with Crippen LogP contribution in [0.1, 0.15) is 63.8 Å². The SMILES string of the molecule is C=C(F)C(=O)N1[C@H](C)CC(n2c(=O)c(=O)n(-c3c(C)ccnc3C(C)C)c3nc(-c4c(O)cccc4F)c(F)cc32)C[C@@H]1C. The molecule has 4 heterocycles. The van der Waals surface area contributed by atoms with E-state index in [1.807, 2.05) is 13.8 Å². The molecule has 0 radical (unpaired) electrons. The molecule has 0 aliphatic carbocycles. The van der Waals surface area contributed by atoms with Crippen LogP contribution >= 0.6 is 0 Å². The fraction of sp³-hybridized carbons (Fsp3) is 0.344. The number of halogens is 3. The number of aromatic nitrogens is 4. The van der Waals surface area contributed by atoms with Crippen molar-refractivity contribution < 1.29 is 23.1 Å². The molecule has 1 N–H and O–H groups in total. The highest BCUT2D eigenvalue weighted by Gasteiger charge is 2.37. The number of pyridine rings is 2. The van der Waals surface area contributed by atoms with Crippen LogP contribution in [0.5, 0.6) is 5.75 Å². The van der Waals surface area contributed by atoms with Gasteiger partial charge in [-0.25, -0.2) is 18.2 Å². The van der Waals surface area contributed by atoms with Gasteiger partial charge >= 0.3 is 11.1 Å². The van der Waals surface area contributed by atoms with Gasteiger partial charge in [0, 0.05) is 30.4 Å². The lowest BCUT2D eigenvalue weighted by Gasteiger charge is -2.43. The zero-order valence-corrected chi connectivity index (χ0v) is 24.9. The molecule has 0 spiro atoms. The summed E-state index contributed by atoms with van der Waals surface area (Å²) in [6.07, 6.45) is 1.85. The summed E-state index contributed by atoms with van der Waals surface area (Å²) in [6.45, 7) is 11.9. The van der Waals surface area contributed by atoms with Gasteiger partial charge in [-0.15, -0.1) is 0 Å². The fourth-order valence-corrected chi connectivity index (χ4v) is 6.29. The summed E-state index contributed by atoms with van der Waals surface area (Å²) in [5.41, 5.74) is -1.86. The lowest BCUT2D eigenvalue weighted by molar-refractivity contribution is -0.135. The summed E-state index contributed by atoms with van der Waals surface area (Å²) in [7, 11) is 0. The maximum atomic E-state index is 15.9. The topological polar surface area (TPSA) is 110 Å². The van der Waals surface area contributed by atoms with Crippen LogP contribution in [0.4, 0.5) is 13.2 Å².